The third kappa shape index (κ3) is 3.09. The highest BCUT2D eigenvalue weighted by Gasteiger charge is 2.13. The Hall–Kier alpha value is -4.34. The Kier molecular flexibility index (Phi) is 4.09. The van der Waals surface area contributed by atoms with Gasteiger partial charge in [-0.1, -0.05) is 18.2 Å². The van der Waals surface area contributed by atoms with E-state index in [1.807, 2.05) is 31.3 Å². The fourth-order valence-corrected chi connectivity index (χ4v) is 3.19. The van der Waals surface area contributed by atoms with Gasteiger partial charge in [0.1, 0.15) is 18.7 Å². The normalized spacial score (nSPS) is 11.2. The maximum Gasteiger partial charge on any atom is 0.269 e. The van der Waals surface area contributed by atoms with Gasteiger partial charge in [0.2, 0.25) is 0 Å². The van der Waals surface area contributed by atoms with Crippen LogP contribution in [0.25, 0.3) is 28.1 Å². The fraction of sp³-hybridized carbons (Fsp3) is 0.100. The predicted octanol–water partition coefficient (Wildman–Crippen LogP) is 3.17. The summed E-state index contributed by atoms with van der Waals surface area (Å²) in [6.45, 7) is 0.313. The molecule has 5 rings (SSSR count). The second-order valence-electron chi connectivity index (χ2n) is 6.69. The van der Waals surface area contributed by atoms with Gasteiger partial charge < -0.3 is 4.74 Å². The Morgan fingerprint density at radius 2 is 1.97 bits per heavy atom. The van der Waals surface area contributed by atoms with E-state index in [2.05, 4.69) is 20.2 Å². The van der Waals surface area contributed by atoms with E-state index < -0.39 is 4.92 Å². The smallest absolute Gasteiger partial charge is 0.269 e. The SMILES string of the molecule is Cn1ncc2c1ncn1nc(-c3cccc(COc4ccc([N+](=O)[O-])cc4)c3)nc21. The first-order valence-electron chi connectivity index (χ1n) is 9.08. The van der Waals surface area contributed by atoms with Crippen LogP contribution in [0.4, 0.5) is 5.69 Å². The van der Waals surface area contributed by atoms with Crippen molar-refractivity contribution in [3.05, 3.63) is 76.7 Å². The number of aromatic nitrogens is 6. The molecule has 0 spiro atoms. The van der Waals surface area contributed by atoms with Crippen molar-refractivity contribution in [1.29, 1.82) is 0 Å². The lowest BCUT2D eigenvalue weighted by atomic mass is 10.1. The van der Waals surface area contributed by atoms with Crippen molar-refractivity contribution in [1.82, 2.24) is 29.4 Å². The standard InChI is InChI=1S/C20H15N7O3/c1-25-19-17(10-22-25)20-23-18(24-26(20)12-21-19)14-4-2-3-13(9-14)11-30-16-7-5-15(6-8-16)27(28)29/h2-10,12H,11H2,1H3. The highest BCUT2D eigenvalue weighted by Crippen LogP contribution is 2.23. The maximum atomic E-state index is 10.7. The summed E-state index contributed by atoms with van der Waals surface area (Å²) in [5.41, 5.74) is 3.23. The second kappa shape index (κ2) is 6.92. The van der Waals surface area contributed by atoms with Crippen molar-refractivity contribution in [3.63, 3.8) is 0 Å². The Labute approximate surface area is 169 Å². The van der Waals surface area contributed by atoms with Gasteiger partial charge in [0.25, 0.3) is 5.69 Å². The van der Waals surface area contributed by atoms with Crippen LogP contribution in [-0.2, 0) is 13.7 Å². The number of benzene rings is 2. The summed E-state index contributed by atoms with van der Waals surface area (Å²) < 4.78 is 9.08. The minimum absolute atomic E-state index is 0.0273. The summed E-state index contributed by atoms with van der Waals surface area (Å²) in [5, 5.41) is 20.3. The Morgan fingerprint density at radius 1 is 1.13 bits per heavy atom. The van der Waals surface area contributed by atoms with Gasteiger partial charge in [-0.3, -0.25) is 14.8 Å². The van der Waals surface area contributed by atoms with Gasteiger partial charge in [-0.15, -0.1) is 5.10 Å². The predicted molar refractivity (Wildman–Crippen MR) is 108 cm³/mol. The van der Waals surface area contributed by atoms with Crippen LogP contribution in [0.15, 0.2) is 61.1 Å². The molecule has 0 bridgehead atoms. The number of nitrogens with zero attached hydrogens (tertiary/aromatic N) is 7. The number of aryl methyl sites for hydroxylation is 1. The highest BCUT2D eigenvalue weighted by atomic mass is 16.6. The van der Waals surface area contributed by atoms with Crippen molar-refractivity contribution in [2.45, 2.75) is 6.61 Å². The number of rotatable bonds is 5. The Morgan fingerprint density at radius 3 is 2.77 bits per heavy atom. The Bertz CT molecular complexity index is 1390. The molecule has 10 nitrogen and oxygen atoms in total. The zero-order chi connectivity index (χ0) is 20.7. The van der Waals surface area contributed by atoms with Crippen LogP contribution in [-0.4, -0.2) is 34.3 Å². The maximum absolute atomic E-state index is 10.7. The van der Waals surface area contributed by atoms with Crippen LogP contribution in [0.2, 0.25) is 0 Å². The van der Waals surface area contributed by atoms with Crippen LogP contribution in [0.1, 0.15) is 5.56 Å². The first-order chi connectivity index (χ1) is 14.6. The highest BCUT2D eigenvalue weighted by molar-refractivity contribution is 5.89. The van der Waals surface area contributed by atoms with Crippen LogP contribution in [0.3, 0.4) is 0 Å². The molecule has 30 heavy (non-hydrogen) atoms. The summed E-state index contributed by atoms with van der Waals surface area (Å²) in [7, 11) is 1.83. The zero-order valence-corrected chi connectivity index (χ0v) is 15.8. The van der Waals surface area contributed by atoms with Gasteiger partial charge in [-0.05, 0) is 23.8 Å². The molecule has 3 aromatic heterocycles. The first-order valence-corrected chi connectivity index (χ1v) is 9.08. The minimum Gasteiger partial charge on any atom is -0.489 e. The molecule has 0 saturated carbocycles. The molecule has 0 fully saturated rings. The largest absolute Gasteiger partial charge is 0.489 e. The summed E-state index contributed by atoms with van der Waals surface area (Å²) in [6, 6.07) is 13.7. The van der Waals surface area contributed by atoms with Crippen molar-refractivity contribution in [2.24, 2.45) is 7.05 Å². The van der Waals surface area contributed by atoms with Gasteiger partial charge in [-0.25, -0.2) is 14.5 Å². The molecule has 0 atom stereocenters. The summed E-state index contributed by atoms with van der Waals surface area (Å²) in [6.07, 6.45) is 3.35. The average molecular weight is 401 g/mol. The quantitative estimate of drug-likeness (QED) is 0.328. The van der Waals surface area contributed by atoms with E-state index in [0.29, 0.717) is 23.8 Å². The molecule has 0 unspecified atom stereocenters. The molecule has 0 saturated heterocycles. The van der Waals surface area contributed by atoms with E-state index in [1.54, 1.807) is 33.9 Å². The molecule has 0 aliphatic rings. The Balaban J connectivity index is 1.40. The molecule has 148 valence electrons. The lowest BCUT2D eigenvalue weighted by molar-refractivity contribution is -0.384. The molecule has 0 aliphatic heterocycles. The number of hydrogen-bond acceptors (Lipinski definition) is 7. The van der Waals surface area contributed by atoms with Gasteiger partial charge >= 0.3 is 0 Å². The van der Waals surface area contributed by atoms with E-state index >= 15 is 0 Å². The molecule has 0 N–H and O–H groups in total. The number of hydrogen-bond donors (Lipinski definition) is 0. The fourth-order valence-electron chi connectivity index (χ4n) is 3.19. The van der Waals surface area contributed by atoms with Gasteiger partial charge in [0.05, 0.1) is 16.5 Å². The average Bonchev–Trinajstić information content (AvgIpc) is 3.36. The van der Waals surface area contributed by atoms with Crippen molar-refractivity contribution >= 4 is 22.4 Å². The van der Waals surface area contributed by atoms with Crippen LogP contribution in [0.5, 0.6) is 5.75 Å². The molecule has 0 aliphatic carbocycles. The summed E-state index contributed by atoms with van der Waals surface area (Å²) in [5.74, 6) is 1.13. The molecule has 5 aromatic rings. The summed E-state index contributed by atoms with van der Waals surface area (Å²) >= 11 is 0. The van der Waals surface area contributed by atoms with Crippen LogP contribution < -0.4 is 4.74 Å². The third-order valence-corrected chi connectivity index (χ3v) is 4.71. The van der Waals surface area contributed by atoms with Crippen molar-refractivity contribution in [2.75, 3.05) is 0 Å². The number of ether oxygens (including phenoxy) is 1. The van der Waals surface area contributed by atoms with E-state index in [-0.39, 0.29) is 5.69 Å². The number of non-ortho nitro benzene ring substituents is 1. The molecular weight excluding hydrogens is 386 g/mol. The number of fused-ring (bicyclic) bond motifs is 3. The minimum atomic E-state index is -0.441. The topological polar surface area (TPSA) is 113 Å². The third-order valence-electron chi connectivity index (χ3n) is 4.71. The van der Waals surface area contributed by atoms with E-state index in [4.69, 9.17) is 4.74 Å². The van der Waals surface area contributed by atoms with Gasteiger partial charge in [-0.2, -0.15) is 5.10 Å². The van der Waals surface area contributed by atoms with Crippen LogP contribution in [0, 0.1) is 10.1 Å². The van der Waals surface area contributed by atoms with E-state index in [1.165, 1.54) is 12.1 Å². The van der Waals surface area contributed by atoms with E-state index in [0.717, 1.165) is 22.2 Å². The zero-order valence-electron chi connectivity index (χ0n) is 15.8. The number of nitro groups is 1. The molecular formula is C20H15N7O3. The number of nitro benzene ring substituents is 1. The molecule has 0 amide bonds. The van der Waals surface area contributed by atoms with Crippen molar-refractivity contribution in [3.8, 4) is 17.1 Å². The molecule has 2 aromatic carbocycles. The van der Waals surface area contributed by atoms with Crippen molar-refractivity contribution < 1.29 is 9.66 Å². The second-order valence-corrected chi connectivity index (χ2v) is 6.69. The molecule has 0 radical (unpaired) electrons. The van der Waals surface area contributed by atoms with Crippen LogP contribution >= 0.6 is 0 Å². The van der Waals surface area contributed by atoms with Gasteiger partial charge in [0, 0.05) is 24.7 Å². The molecule has 10 heteroatoms. The summed E-state index contributed by atoms with van der Waals surface area (Å²) in [4.78, 5) is 19.3. The van der Waals surface area contributed by atoms with Gasteiger partial charge in [0.15, 0.2) is 17.1 Å². The molecule has 3 heterocycles. The van der Waals surface area contributed by atoms with E-state index in [9.17, 15) is 10.1 Å². The lowest BCUT2D eigenvalue weighted by Gasteiger charge is -2.07. The monoisotopic (exact) mass is 401 g/mol. The first kappa shape index (κ1) is 17.7. The lowest BCUT2D eigenvalue weighted by Crippen LogP contribution is -1.96.